The summed E-state index contributed by atoms with van der Waals surface area (Å²) in [6.45, 7) is 0. The van der Waals surface area contributed by atoms with Crippen LogP contribution in [0, 0.1) is 11.7 Å². The van der Waals surface area contributed by atoms with Gasteiger partial charge in [-0.2, -0.15) is 0 Å². The molecule has 1 atom stereocenters. The second kappa shape index (κ2) is 4.83. The monoisotopic (exact) mass is 223 g/mol. The number of benzene rings is 1. The van der Waals surface area contributed by atoms with E-state index in [9.17, 15) is 4.39 Å². The van der Waals surface area contributed by atoms with Crippen LogP contribution in [0.1, 0.15) is 37.3 Å². The zero-order valence-electron chi connectivity index (χ0n) is 9.58. The highest BCUT2D eigenvalue weighted by Gasteiger charge is 2.25. The first-order valence-corrected chi connectivity index (χ1v) is 5.81. The van der Waals surface area contributed by atoms with E-state index in [1.807, 2.05) is 0 Å². The quantitative estimate of drug-likeness (QED) is 0.854. The molecule has 1 aromatic carbocycles. The molecule has 0 aromatic heterocycles. The average Bonchev–Trinajstić information content (AvgIpc) is 2.81. The van der Waals surface area contributed by atoms with E-state index in [0.717, 1.165) is 18.4 Å². The predicted octanol–water partition coefficient (Wildman–Crippen LogP) is 3.02. The normalized spacial score (nSPS) is 18.7. The van der Waals surface area contributed by atoms with Crippen LogP contribution in [0.25, 0.3) is 0 Å². The minimum absolute atomic E-state index is 0.104. The summed E-state index contributed by atoms with van der Waals surface area (Å²) in [6, 6.07) is 4.46. The molecule has 1 aromatic rings. The van der Waals surface area contributed by atoms with Crippen LogP contribution >= 0.6 is 0 Å². The van der Waals surface area contributed by atoms with E-state index >= 15 is 0 Å². The molecule has 2 rings (SSSR count). The summed E-state index contributed by atoms with van der Waals surface area (Å²) in [5.41, 5.74) is 7.00. The molecular formula is C13H18FNO. The first-order valence-electron chi connectivity index (χ1n) is 5.81. The lowest BCUT2D eigenvalue weighted by Gasteiger charge is -2.21. The molecule has 2 N–H and O–H groups in total. The van der Waals surface area contributed by atoms with Gasteiger partial charge in [0.1, 0.15) is 11.6 Å². The van der Waals surface area contributed by atoms with Crippen LogP contribution in [-0.2, 0) is 0 Å². The van der Waals surface area contributed by atoms with E-state index in [2.05, 4.69) is 0 Å². The van der Waals surface area contributed by atoms with Crippen molar-refractivity contribution in [1.82, 2.24) is 0 Å². The van der Waals surface area contributed by atoms with Gasteiger partial charge in [-0.25, -0.2) is 4.39 Å². The molecule has 1 aliphatic rings. The van der Waals surface area contributed by atoms with Crippen molar-refractivity contribution in [2.75, 3.05) is 7.11 Å². The molecule has 16 heavy (non-hydrogen) atoms. The topological polar surface area (TPSA) is 35.2 Å². The fourth-order valence-corrected chi connectivity index (χ4v) is 2.54. The molecule has 0 bridgehead atoms. The zero-order chi connectivity index (χ0) is 11.5. The average molecular weight is 223 g/mol. The number of hydrogen-bond donors (Lipinski definition) is 1. The van der Waals surface area contributed by atoms with Gasteiger partial charge in [-0.1, -0.05) is 12.8 Å². The Kier molecular flexibility index (Phi) is 3.44. The molecule has 0 amide bonds. The zero-order valence-corrected chi connectivity index (χ0v) is 9.58. The van der Waals surface area contributed by atoms with Crippen LogP contribution in [0.4, 0.5) is 4.39 Å². The van der Waals surface area contributed by atoms with Gasteiger partial charge in [-0.15, -0.1) is 0 Å². The van der Waals surface area contributed by atoms with Crippen molar-refractivity contribution >= 4 is 0 Å². The van der Waals surface area contributed by atoms with Crippen molar-refractivity contribution < 1.29 is 9.13 Å². The second-order valence-corrected chi connectivity index (χ2v) is 4.46. The maximum Gasteiger partial charge on any atom is 0.123 e. The lowest BCUT2D eigenvalue weighted by Crippen LogP contribution is -2.20. The molecule has 1 aliphatic carbocycles. The van der Waals surface area contributed by atoms with Crippen LogP contribution in [0.2, 0.25) is 0 Å². The Morgan fingerprint density at radius 1 is 1.38 bits per heavy atom. The number of halogens is 1. The molecule has 0 saturated heterocycles. The molecule has 1 unspecified atom stereocenters. The lowest BCUT2D eigenvalue weighted by atomic mass is 9.92. The number of ether oxygens (including phenoxy) is 1. The summed E-state index contributed by atoms with van der Waals surface area (Å²) < 4.78 is 18.5. The minimum Gasteiger partial charge on any atom is -0.496 e. The van der Waals surface area contributed by atoms with Crippen LogP contribution < -0.4 is 10.5 Å². The Bertz CT molecular complexity index is 361. The highest BCUT2D eigenvalue weighted by Crippen LogP contribution is 2.37. The van der Waals surface area contributed by atoms with Gasteiger partial charge in [0.05, 0.1) is 7.11 Å². The first kappa shape index (κ1) is 11.4. The summed E-state index contributed by atoms with van der Waals surface area (Å²) in [7, 11) is 1.60. The number of nitrogens with two attached hydrogens (primary N) is 1. The molecular weight excluding hydrogens is 205 g/mol. The highest BCUT2D eigenvalue weighted by molar-refractivity contribution is 5.36. The molecule has 1 fully saturated rings. The van der Waals surface area contributed by atoms with Crippen LogP contribution in [0.3, 0.4) is 0 Å². The standard InChI is InChI=1S/C13H18FNO/c1-16-12-7-6-10(14)8-11(12)13(15)9-4-2-3-5-9/h6-9,13H,2-5,15H2,1H3. The third-order valence-electron chi connectivity index (χ3n) is 3.46. The molecule has 88 valence electrons. The Morgan fingerprint density at radius 2 is 2.06 bits per heavy atom. The second-order valence-electron chi connectivity index (χ2n) is 4.46. The van der Waals surface area contributed by atoms with Crippen molar-refractivity contribution in [2.45, 2.75) is 31.7 Å². The Hall–Kier alpha value is -1.09. The van der Waals surface area contributed by atoms with Gasteiger partial charge < -0.3 is 10.5 Å². The molecule has 0 radical (unpaired) electrons. The molecule has 0 heterocycles. The highest BCUT2D eigenvalue weighted by atomic mass is 19.1. The summed E-state index contributed by atoms with van der Waals surface area (Å²) >= 11 is 0. The maximum absolute atomic E-state index is 13.2. The van der Waals surface area contributed by atoms with Gasteiger partial charge in [0, 0.05) is 11.6 Å². The molecule has 0 spiro atoms. The van der Waals surface area contributed by atoms with Crippen molar-refractivity contribution in [2.24, 2.45) is 11.7 Å². The van der Waals surface area contributed by atoms with Crippen molar-refractivity contribution in [1.29, 1.82) is 0 Å². The van der Waals surface area contributed by atoms with Crippen molar-refractivity contribution in [3.8, 4) is 5.75 Å². The lowest BCUT2D eigenvalue weighted by molar-refractivity contribution is 0.383. The van der Waals surface area contributed by atoms with Gasteiger partial charge in [0.25, 0.3) is 0 Å². The van der Waals surface area contributed by atoms with Crippen LogP contribution in [0.5, 0.6) is 5.75 Å². The van der Waals surface area contributed by atoms with Gasteiger partial charge in [-0.05, 0) is 37.0 Å². The van der Waals surface area contributed by atoms with Gasteiger partial charge in [0.2, 0.25) is 0 Å². The summed E-state index contributed by atoms with van der Waals surface area (Å²) in [4.78, 5) is 0. The van der Waals surface area contributed by atoms with Crippen LogP contribution in [-0.4, -0.2) is 7.11 Å². The predicted molar refractivity (Wildman–Crippen MR) is 61.8 cm³/mol. The van der Waals surface area contributed by atoms with Gasteiger partial charge in [-0.3, -0.25) is 0 Å². The third kappa shape index (κ3) is 2.19. The van der Waals surface area contributed by atoms with E-state index < -0.39 is 0 Å². The smallest absolute Gasteiger partial charge is 0.123 e. The number of rotatable bonds is 3. The molecule has 2 nitrogen and oxygen atoms in total. The third-order valence-corrected chi connectivity index (χ3v) is 3.46. The fraction of sp³-hybridized carbons (Fsp3) is 0.538. The molecule has 1 saturated carbocycles. The fourth-order valence-electron chi connectivity index (χ4n) is 2.54. The number of hydrogen-bond acceptors (Lipinski definition) is 2. The molecule has 3 heteroatoms. The van der Waals surface area contributed by atoms with Crippen molar-refractivity contribution in [3.05, 3.63) is 29.6 Å². The Morgan fingerprint density at radius 3 is 2.69 bits per heavy atom. The van der Waals surface area contributed by atoms with E-state index in [4.69, 9.17) is 10.5 Å². The summed E-state index contributed by atoms with van der Waals surface area (Å²) in [6.07, 6.45) is 4.74. The SMILES string of the molecule is COc1ccc(F)cc1C(N)C1CCCC1. The van der Waals surface area contributed by atoms with E-state index in [-0.39, 0.29) is 11.9 Å². The van der Waals surface area contributed by atoms with Crippen LogP contribution in [0.15, 0.2) is 18.2 Å². The van der Waals surface area contributed by atoms with E-state index in [1.54, 1.807) is 13.2 Å². The summed E-state index contributed by atoms with van der Waals surface area (Å²) in [5, 5.41) is 0. The van der Waals surface area contributed by atoms with Gasteiger partial charge >= 0.3 is 0 Å². The maximum atomic E-state index is 13.2. The first-order chi connectivity index (χ1) is 7.72. The van der Waals surface area contributed by atoms with E-state index in [1.165, 1.54) is 25.0 Å². The minimum atomic E-state index is -0.246. The Labute approximate surface area is 95.6 Å². The molecule has 0 aliphatic heterocycles. The van der Waals surface area contributed by atoms with Gasteiger partial charge in [0.15, 0.2) is 0 Å². The Balaban J connectivity index is 2.26. The summed E-state index contributed by atoms with van der Waals surface area (Å²) in [5.74, 6) is 0.917. The van der Waals surface area contributed by atoms with Crippen molar-refractivity contribution in [3.63, 3.8) is 0 Å². The van der Waals surface area contributed by atoms with E-state index in [0.29, 0.717) is 11.7 Å². The largest absolute Gasteiger partial charge is 0.496 e. The number of methoxy groups -OCH3 is 1.